The molecule has 3 N–H and O–H groups in total. The van der Waals surface area contributed by atoms with Gasteiger partial charge in [-0.05, 0) is 31.5 Å². The van der Waals surface area contributed by atoms with Crippen LogP contribution in [0.5, 0.6) is 0 Å². The summed E-state index contributed by atoms with van der Waals surface area (Å²) in [7, 11) is 0. The van der Waals surface area contributed by atoms with E-state index in [4.69, 9.17) is 4.52 Å². The minimum Gasteiger partial charge on any atom is -0.394 e. The second-order valence-electron chi connectivity index (χ2n) is 8.63. The van der Waals surface area contributed by atoms with E-state index in [2.05, 4.69) is 20.6 Å². The molecule has 36 heavy (non-hydrogen) atoms. The fourth-order valence-electron chi connectivity index (χ4n) is 3.40. The summed E-state index contributed by atoms with van der Waals surface area (Å²) in [5, 5.41) is 29.8. The molecule has 0 radical (unpaired) electrons. The van der Waals surface area contributed by atoms with E-state index in [1.54, 1.807) is 32.0 Å². The van der Waals surface area contributed by atoms with Crippen molar-refractivity contribution in [3.8, 4) is 28.5 Å². The zero-order chi connectivity index (χ0) is 26.1. The van der Waals surface area contributed by atoms with Crippen LogP contribution in [0.4, 0.5) is 13.2 Å². The van der Waals surface area contributed by atoms with Crippen LogP contribution in [-0.4, -0.2) is 48.2 Å². The number of carbonyl (C=O) groups excluding carboxylic acids is 1. The Morgan fingerprint density at radius 2 is 1.78 bits per heavy atom. The van der Waals surface area contributed by atoms with Gasteiger partial charge in [0.05, 0.1) is 29.6 Å². The SMILES string of the molecule is CC(C)(CO)NC(=O)[C@@H](O)c1ccc(-c2noc(-c3cnn(-c4ccccc4)c3C(F)(F)F)n2)cc1. The van der Waals surface area contributed by atoms with Crippen molar-refractivity contribution in [2.45, 2.75) is 31.7 Å². The molecule has 188 valence electrons. The van der Waals surface area contributed by atoms with Gasteiger partial charge in [-0.1, -0.05) is 47.6 Å². The number of alkyl halides is 3. The van der Waals surface area contributed by atoms with Crippen molar-refractivity contribution in [1.29, 1.82) is 0 Å². The van der Waals surface area contributed by atoms with Crippen molar-refractivity contribution in [3.05, 3.63) is 72.1 Å². The van der Waals surface area contributed by atoms with Gasteiger partial charge in [-0.15, -0.1) is 0 Å². The Morgan fingerprint density at radius 1 is 1.11 bits per heavy atom. The van der Waals surface area contributed by atoms with Crippen LogP contribution in [0.3, 0.4) is 0 Å². The smallest absolute Gasteiger partial charge is 0.394 e. The summed E-state index contributed by atoms with van der Waals surface area (Å²) >= 11 is 0. The highest BCUT2D eigenvalue weighted by atomic mass is 19.4. The number of aromatic nitrogens is 4. The molecule has 0 bridgehead atoms. The van der Waals surface area contributed by atoms with Crippen LogP contribution in [-0.2, 0) is 11.0 Å². The van der Waals surface area contributed by atoms with Crippen molar-refractivity contribution in [2.24, 2.45) is 0 Å². The number of halogens is 3. The highest BCUT2D eigenvalue weighted by molar-refractivity contribution is 5.82. The maximum atomic E-state index is 13.9. The number of benzene rings is 2. The summed E-state index contributed by atoms with van der Waals surface area (Å²) in [5.74, 6) is -1.05. The maximum absolute atomic E-state index is 13.9. The third-order valence-electron chi connectivity index (χ3n) is 5.28. The number of nitrogens with one attached hydrogen (secondary N) is 1. The number of hydrogen-bond donors (Lipinski definition) is 3. The fraction of sp³-hybridized carbons (Fsp3) is 0.250. The Balaban J connectivity index is 1.60. The van der Waals surface area contributed by atoms with E-state index in [0.29, 0.717) is 5.56 Å². The van der Waals surface area contributed by atoms with Crippen molar-refractivity contribution in [2.75, 3.05) is 6.61 Å². The van der Waals surface area contributed by atoms with Crippen LogP contribution >= 0.6 is 0 Å². The van der Waals surface area contributed by atoms with Crippen LogP contribution in [0, 0.1) is 0 Å². The molecule has 1 atom stereocenters. The fourth-order valence-corrected chi connectivity index (χ4v) is 3.40. The van der Waals surface area contributed by atoms with Gasteiger partial charge < -0.3 is 20.1 Å². The minimum absolute atomic E-state index is 0.0116. The predicted molar refractivity (Wildman–Crippen MR) is 122 cm³/mol. The first-order valence-electron chi connectivity index (χ1n) is 10.8. The van der Waals surface area contributed by atoms with Gasteiger partial charge in [0.2, 0.25) is 5.82 Å². The highest BCUT2D eigenvalue weighted by Gasteiger charge is 2.40. The Labute approximate surface area is 203 Å². The molecule has 2 aromatic heterocycles. The lowest BCUT2D eigenvalue weighted by atomic mass is 10.0. The van der Waals surface area contributed by atoms with Gasteiger partial charge in [0.25, 0.3) is 11.8 Å². The molecule has 2 heterocycles. The Bertz CT molecular complexity index is 1350. The molecule has 0 unspecified atom stereocenters. The standard InChI is InChI=1S/C24H22F3N5O4/c1-23(2,13-33)30-21(35)18(34)14-8-10-15(11-9-14)20-29-22(36-31-20)17-12-28-32(19(17)24(25,26)27)16-6-4-3-5-7-16/h3-12,18,33-34H,13H2,1-2H3,(H,30,35)/t18-/m0/s1. The summed E-state index contributed by atoms with van der Waals surface area (Å²) < 4.78 is 47.7. The number of aliphatic hydroxyl groups is 2. The molecule has 9 nitrogen and oxygen atoms in total. The second kappa shape index (κ2) is 9.55. The van der Waals surface area contributed by atoms with Gasteiger partial charge in [0.1, 0.15) is 0 Å². The molecule has 0 fully saturated rings. The van der Waals surface area contributed by atoms with Gasteiger partial charge >= 0.3 is 6.18 Å². The highest BCUT2D eigenvalue weighted by Crippen LogP contribution is 2.38. The van der Waals surface area contributed by atoms with Crippen molar-refractivity contribution >= 4 is 5.91 Å². The number of amides is 1. The normalized spacial score (nSPS) is 13.0. The molecular formula is C24H22F3N5O4. The Morgan fingerprint density at radius 3 is 2.39 bits per heavy atom. The van der Waals surface area contributed by atoms with E-state index in [0.717, 1.165) is 10.9 Å². The third kappa shape index (κ3) is 5.14. The van der Waals surface area contributed by atoms with Crippen LogP contribution in [0.1, 0.15) is 31.2 Å². The molecule has 0 saturated carbocycles. The largest absolute Gasteiger partial charge is 0.434 e. The van der Waals surface area contributed by atoms with Gasteiger partial charge in [0, 0.05) is 5.56 Å². The van der Waals surface area contributed by atoms with E-state index in [9.17, 15) is 28.2 Å². The topological polar surface area (TPSA) is 126 Å². The van der Waals surface area contributed by atoms with Gasteiger partial charge in [-0.25, -0.2) is 4.68 Å². The van der Waals surface area contributed by atoms with Gasteiger partial charge in [0.15, 0.2) is 11.8 Å². The molecule has 4 rings (SSSR count). The molecule has 4 aromatic rings. The lowest BCUT2D eigenvalue weighted by Gasteiger charge is -2.25. The first-order chi connectivity index (χ1) is 17.0. The molecule has 2 aromatic carbocycles. The van der Waals surface area contributed by atoms with Crippen LogP contribution in [0.15, 0.2) is 65.3 Å². The van der Waals surface area contributed by atoms with E-state index in [1.165, 1.54) is 36.4 Å². The molecular weight excluding hydrogens is 479 g/mol. The van der Waals surface area contributed by atoms with Crippen LogP contribution < -0.4 is 5.32 Å². The summed E-state index contributed by atoms with van der Waals surface area (Å²) in [6.45, 7) is 2.88. The molecule has 0 aliphatic heterocycles. The van der Waals surface area contributed by atoms with Crippen LogP contribution in [0.2, 0.25) is 0 Å². The minimum atomic E-state index is -4.75. The Kier molecular flexibility index (Phi) is 6.65. The van der Waals surface area contributed by atoms with Gasteiger partial charge in [-0.2, -0.15) is 23.3 Å². The molecule has 0 aliphatic rings. The lowest BCUT2D eigenvalue weighted by Crippen LogP contribution is -2.48. The number of hydrogen-bond acceptors (Lipinski definition) is 7. The first kappa shape index (κ1) is 25.1. The summed E-state index contributed by atoms with van der Waals surface area (Å²) in [6.07, 6.45) is -5.23. The summed E-state index contributed by atoms with van der Waals surface area (Å²) in [4.78, 5) is 16.3. The van der Waals surface area contributed by atoms with Crippen molar-refractivity contribution in [1.82, 2.24) is 25.2 Å². The molecule has 12 heteroatoms. The summed E-state index contributed by atoms with van der Waals surface area (Å²) in [6, 6.07) is 13.8. The Hall–Kier alpha value is -4.03. The van der Waals surface area contributed by atoms with E-state index in [-0.39, 0.29) is 35.1 Å². The molecule has 0 spiro atoms. The quantitative estimate of drug-likeness (QED) is 0.354. The van der Waals surface area contributed by atoms with Gasteiger partial charge in [-0.3, -0.25) is 4.79 Å². The predicted octanol–water partition coefficient (Wildman–Crippen LogP) is 3.53. The molecule has 0 aliphatic carbocycles. The number of carbonyl (C=O) groups is 1. The zero-order valence-electron chi connectivity index (χ0n) is 19.2. The average molecular weight is 501 g/mol. The number of rotatable bonds is 7. The third-order valence-corrected chi connectivity index (χ3v) is 5.28. The van der Waals surface area contributed by atoms with Crippen LogP contribution in [0.25, 0.3) is 28.5 Å². The van der Waals surface area contributed by atoms with E-state index < -0.39 is 29.4 Å². The summed E-state index contributed by atoms with van der Waals surface area (Å²) in [5.41, 5.74) is -1.48. The maximum Gasteiger partial charge on any atom is 0.434 e. The first-order valence-corrected chi connectivity index (χ1v) is 10.8. The average Bonchev–Trinajstić information content (AvgIpc) is 3.51. The van der Waals surface area contributed by atoms with E-state index in [1.807, 2.05) is 0 Å². The van der Waals surface area contributed by atoms with E-state index >= 15 is 0 Å². The molecule has 1 amide bonds. The monoisotopic (exact) mass is 501 g/mol. The lowest BCUT2D eigenvalue weighted by molar-refractivity contribution is -0.142. The molecule has 0 saturated heterocycles. The van der Waals surface area contributed by atoms with Crippen molar-refractivity contribution < 1.29 is 32.7 Å². The van der Waals surface area contributed by atoms with Crippen molar-refractivity contribution in [3.63, 3.8) is 0 Å². The number of nitrogens with zero attached hydrogens (tertiary/aromatic N) is 4. The second-order valence-corrected chi connectivity index (χ2v) is 8.63. The zero-order valence-corrected chi connectivity index (χ0v) is 19.2. The number of para-hydroxylation sites is 1. The number of aliphatic hydroxyl groups excluding tert-OH is 2.